The molecule has 0 atom stereocenters. The Morgan fingerprint density at radius 1 is 0.697 bits per heavy atom. The molecule has 0 spiro atoms. The van der Waals surface area contributed by atoms with Gasteiger partial charge in [-0.25, -0.2) is 39.4 Å². The Morgan fingerprint density at radius 3 is 1.18 bits per heavy atom. The molecule has 0 saturated heterocycles. The van der Waals surface area contributed by atoms with E-state index in [4.69, 9.17) is 10.2 Å². The van der Waals surface area contributed by atoms with E-state index in [2.05, 4.69) is 21.5 Å². The normalized spacial score (nSPS) is 17.5. The highest BCUT2D eigenvalue weighted by atomic mass is 16.4. The number of hydrogen-bond acceptors (Lipinski definition) is 8. The monoisotopic (exact) mass is 470 g/mol. The minimum Gasteiger partial charge on any atom is -0.465 e. The molecule has 0 aromatic rings. The van der Waals surface area contributed by atoms with Crippen molar-refractivity contribution in [3.63, 3.8) is 0 Å². The third kappa shape index (κ3) is 13.3. The molecule has 2 fully saturated rings. The summed E-state index contributed by atoms with van der Waals surface area (Å²) in [6, 6.07) is -2.13. The van der Waals surface area contributed by atoms with Crippen molar-refractivity contribution in [2.75, 3.05) is 0 Å². The van der Waals surface area contributed by atoms with E-state index < -0.39 is 24.2 Å². The van der Waals surface area contributed by atoms with Crippen molar-refractivity contribution in [2.45, 2.75) is 81.7 Å². The second kappa shape index (κ2) is 15.1. The number of nitrogens with zero attached hydrogens (tertiary/aromatic N) is 2. The topological polar surface area (TPSA) is 244 Å². The summed E-state index contributed by atoms with van der Waals surface area (Å²) in [6.07, 6.45) is 11.9. The number of aliphatic imine (C=N–C) groups is 2. The first kappa shape index (κ1) is 29.2. The van der Waals surface area contributed by atoms with E-state index >= 15 is 0 Å². The number of carboxylic acid groups (broad SMARTS) is 2. The predicted molar refractivity (Wildman–Crippen MR) is 114 cm³/mol. The van der Waals surface area contributed by atoms with Crippen LogP contribution in [0.5, 0.6) is 0 Å². The molecule has 2 rings (SSSR count). The molecule has 0 radical (unpaired) electrons. The number of carbonyl (C=O) groups excluding carboxylic acids is 4. The van der Waals surface area contributed by atoms with Gasteiger partial charge in [0.2, 0.25) is 12.2 Å². The number of carbonyl (C=O) groups is 4. The number of hydrogen-bond donors (Lipinski definition) is 6. The van der Waals surface area contributed by atoms with E-state index in [0.717, 1.165) is 57.8 Å². The quantitative estimate of drug-likeness (QED) is 0.262. The molecule has 33 heavy (non-hydrogen) atoms. The fraction of sp³-hybridized carbons (Fsp3) is 0.684. The zero-order valence-corrected chi connectivity index (χ0v) is 18.2. The fourth-order valence-corrected chi connectivity index (χ4v) is 4.09. The Hall–Kier alpha value is -3.76. The molecule has 0 aromatic heterocycles. The number of rotatable bonds is 4. The maximum absolute atomic E-state index is 10.8. The largest absolute Gasteiger partial charge is 0.465 e. The maximum atomic E-state index is 10.8. The predicted octanol–water partition coefficient (Wildman–Crippen LogP) is 2.12. The second-order valence-electron chi connectivity index (χ2n) is 7.74. The van der Waals surface area contributed by atoms with Gasteiger partial charge in [-0.1, -0.05) is 38.5 Å². The van der Waals surface area contributed by atoms with E-state index in [1.165, 1.54) is 23.5 Å². The Kier molecular flexibility index (Phi) is 13.4. The van der Waals surface area contributed by atoms with Crippen molar-refractivity contribution in [2.24, 2.45) is 21.5 Å². The zero-order valence-electron chi connectivity index (χ0n) is 18.2. The summed E-state index contributed by atoms with van der Waals surface area (Å²) >= 11 is 0. The van der Waals surface area contributed by atoms with Gasteiger partial charge in [-0.05, 0) is 32.1 Å². The lowest BCUT2D eigenvalue weighted by Crippen LogP contribution is -2.41. The first-order chi connectivity index (χ1) is 15.5. The fourth-order valence-electron chi connectivity index (χ4n) is 4.09. The van der Waals surface area contributed by atoms with Crippen LogP contribution in [0.1, 0.15) is 70.6 Å². The van der Waals surface area contributed by atoms with Crippen LogP contribution < -0.4 is 22.1 Å². The standard InChI is InChI=1S/C15H22N2O2.2C2H4N2O3/c18-12-16-14(7-3-1-4-8-14)11-15(17-13-19)9-5-2-6-10-15;2*3-1(5)4-2(6)7/h1-11H2;2*(H,6,7)(H3,3,4,5). The minimum absolute atomic E-state index is 0.322. The average molecular weight is 470 g/mol. The number of imide groups is 2. The van der Waals surface area contributed by atoms with Crippen LogP contribution in [0.15, 0.2) is 9.98 Å². The molecule has 2 saturated carbocycles. The van der Waals surface area contributed by atoms with Gasteiger partial charge in [0.1, 0.15) is 0 Å². The van der Waals surface area contributed by atoms with Crippen molar-refractivity contribution in [1.29, 1.82) is 0 Å². The van der Waals surface area contributed by atoms with Gasteiger partial charge in [-0.15, -0.1) is 0 Å². The third-order valence-corrected chi connectivity index (χ3v) is 5.25. The van der Waals surface area contributed by atoms with Crippen LogP contribution in [0.2, 0.25) is 0 Å². The van der Waals surface area contributed by atoms with Crippen LogP contribution in [0.4, 0.5) is 19.2 Å². The van der Waals surface area contributed by atoms with E-state index in [-0.39, 0.29) is 11.1 Å². The maximum Gasteiger partial charge on any atom is 0.412 e. The molecule has 14 heteroatoms. The molecule has 0 unspecified atom stereocenters. The molecule has 0 heterocycles. The molecule has 6 amide bonds. The van der Waals surface area contributed by atoms with Gasteiger partial charge in [-0.3, -0.25) is 0 Å². The van der Waals surface area contributed by atoms with Crippen molar-refractivity contribution in [1.82, 2.24) is 10.6 Å². The van der Waals surface area contributed by atoms with Crippen molar-refractivity contribution < 1.29 is 39.0 Å². The van der Waals surface area contributed by atoms with Gasteiger partial charge in [0.15, 0.2) is 0 Å². The lowest BCUT2D eigenvalue weighted by atomic mass is 9.69. The highest BCUT2D eigenvalue weighted by Crippen LogP contribution is 2.44. The zero-order chi connectivity index (χ0) is 25.3. The number of primary amides is 2. The number of nitrogens with one attached hydrogen (secondary N) is 2. The van der Waals surface area contributed by atoms with Gasteiger partial charge in [0.05, 0.1) is 11.1 Å². The van der Waals surface area contributed by atoms with Gasteiger partial charge in [-0.2, -0.15) is 9.98 Å². The molecular weight excluding hydrogens is 440 g/mol. The first-order valence-corrected chi connectivity index (χ1v) is 10.3. The molecular formula is C19H30N6O8. The molecule has 2 aliphatic rings. The highest BCUT2D eigenvalue weighted by Gasteiger charge is 2.43. The summed E-state index contributed by atoms with van der Waals surface area (Å²) in [5.74, 6) is 0. The number of urea groups is 2. The smallest absolute Gasteiger partial charge is 0.412 e. The third-order valence-electron chi connectivity index (χ3n) is 5.25. The molecule has 0 aliphatic heterocycles. The van der Waals surface area contributed by atoms with Crippen LogP contribution in [0.3, 0.4) is 0 Å². The van der Waals surface area contributed by atoms with Crippen molar-refractivity contribution >= 4 is 36.4 Å². The summed E-state index contributed by atoms with van der Waals surface area (Å²) < 4.78 is 0. The van der Waals surface area contributed by atoms with E-state index in [1.807, 2.05) is 0 Å². The van der Waals surface area contributed by atoms with Crippen molar-refractivity contribution in [3.05, 3.63) is 0 Å². The Labute approximate surface area is 189 Å². The Bertz CT molecular complexity index is 689. The second-order valence-corrected chi connectivity index (χ2v) is 7.74. The molecule has 8 N–H and O–H groups in total. The number of amides is 6. The average Bonchev–Trinajstić information content (AvgIpc) is 2.68. The molecule has 184 valence electrons. The minimum atomic E-state index is -1.44. The van der Waals surface area contributed by atoms with Gasteiger partial charge >= 0.3 is 24.2 Å². The van der Waals surface area contributed by atoms with Crippen LogP contribution in [-0.4, -0.2) is 57.7 Å². The summed E-state index contributed by atoms with van der Waals surface area (Å²) in [4.78, 5) is 67.7. The number of nitrogens with two attached hydrogens (primary N) is 2. The molecule has 0 bridgehead atoms. The van der Waals surface area contributed by atoms with Crippen LogP contribution in [0, 0.1) is 0 Å². The van der Waals surface area contributed by atoms with Crippen LogP contribution in [-0.2, 0) is 9.59 Å². The summed E-state index contributed by atoms with van der Waals surface area (Å²) in [5, 5.41) is 18.1. The lowest BCUT2D eigenvalue weighted by molar-refractivity contribution is 0.181. The summed E-state index contributed by atoms with van der Waals surface area (Å²) in [5.41, 5.74) is 8.08. The van der Waals surface area contributed by atoms with Crippen LogP contribution in [0.25, 0.3) is 0 Å². The van der Waals surface area contributed by atoms with Gasteiger partial charge in [0, 0.05) is 0 Å². The SMILES string of the molecule is NC(=O)NC(=O)O.NC(=O)NC(=O)O.O=C=NC1(CC2(N=C=O)CCCCC2)CCCCC1. The summed E-state index contributed by atoms with van der Waals surface area (Å²) in [7, 11) is 0. The summed E-state index contributed by atoms with van der Waals surface area (Å²) in [6.45, 7) is 0. The number of isocyanates is 2. The van der Waals surface area contributed by atoms with E-state index in [1.54, 1.807) is 12.2 Å². The molecule has 2 aliphatic carbocycles. The molecule has 0 aromatic carbocycles. The molecule has 14 nitrogen and oxygen atoms in total. The van der Waals surface area contributed by atoms with Crippen LogP contribution >= 0.6 is 0 Å². The van der Waals surface area contributed by atoms with E-state index in [0.29, 0.717) is 0 Å². The van der Waals surface area contributed by atoms with Gasteiger partial charge < -0.3 is 21.7 Å². The first-order valence-electron chi connectivity index (χ1n) is 10.3. The lowest BCUT2D eigenvalue weighted by Gasteiger charge is -2.41. The Balaban J connectivity index is 0.000000605. The highest BCUT2D eigenvalue weighted by molar-refractivity contribution is 5.88. The van der Waals surface area contributed by atoms with Crippen molar-refractivity contribution in [3.8, 4) is 0 Å². The Morgan fingerprint density at radius 2 is 1.00 bits per heavy atom. The van der Waals surface area contributed by atoms with E-state index in [9.17, 15) is 28.8 Å². The van der Waals surface area contributed by atoms with Gasteiger partial charge in [0.25, 0.3) is 0 Å².